The van der Waals surface area contributed by atoms with E-state index in [0.717, 1.165) is 74.4 Å². The van der Waals surface area contributed by atoms with Crippen LogP contribution in [-0.4, -0.2) is 0 Å². The molecular formula is C53H41Br2IO4. The van der Waals surface area contributed by atoms with Crippen LogP contribution in [0.25, 0.3) is 87.8 Å². The lowest BCUT2D eigenvalue weighted by Gasteiger charge is -1.99. The number of aryl methyl sites for hydroxylation is 1. The molecule has 4 nitrogen and oxygen atoms in total. The standard InChI is InChI=1S/C14H11BrO.C12H6BrIO.2C12H8O.C3H8/c1-2-9-7-8-11(15)13-10-5-3-4-6-12(10)16-14(9)13;13-8-5-6-9(14)12-11(8)7-3-1-2-4-10(7)15-12;2*1-3-7-11-9(5-1)10-6-2-4-8-12(10)13-11;1-3-2/h3-8H,2H2,1H3;1-6H;2*1-8H;3H2,1-2H3. The maximum Gasteiger partial charge on any atom is 0.149 e. The molecule has 60 heavy (non-hydrogen) atoms. The van der Waals surface area contributed by atoms with Crippen LogP contribution in [0.3, 0.4) is 0 Å². The van der Waals surface area contributed by atoms with Crippen molar-refractivity contribution in [2.75, 3.05) is 0 Å². The molecule has 0 saturated carbocycles. The summed E-state index contributed by atoms with van der Waals surface area (Å²) in [7, 11) is 0. The minimum atomic E-state index is 0.942. The van der Waals surface area contributed by atoms with Crippen LogP contribution in [0.5, 0.6) is 0 Å². The molecule has 0 aliphatic carbocycles. The fraction of sp³-hybridized carbons (Fsp3) is 0.0943. The van der Waals surface area contributed by atoms with Crippen molar-refractivity contribution in [1.82, 2.24) is 0 Å². The zero-order valence-electron chi connectivity index (χ0n) is 33.3. The van der Waals surface area contributed by atoms with Gasteiger partial charge in [-0.15, -0.1) is 0 Å². The van der Waals surface area contributed by atoms with E-state index in [4.69, 9.17) is 17.7 Å². The predicted molar refractivity (Wildman–Crippen MR) is 268 cm³/mol. The van der Waals surface area contributed by atoms with Crippen molar-refractivity contribution in [2.24, 2.45) is 0 Å². The summed E-state index contributed by atoms with van der Waals surface area (Å²) in [5, 5.41) is 9.47. The van der Waals surface area contributed by atoms with E-state index in [9.17, 15) is 0 Å². The van der Waals surface area contributed by atoms with E-state index >= 15 is 0 Å². The van der Waals surface area contributed by atoms with Crippen LogP contribution in [-0.2, 0) is 6.42 Å². The van der Waals surface area contributed by atoms with Crippen molar-refractivity contribution in [3.63, 3.8) is 0 Å². The summed E-state index contributed by atoms with van der Waals surface area (Å²) in [5.74, 6) is 0. The third-order valence-electron chi connectivity index (χ3n) is 9.93. The highest BCUT2D eigenvalue weighted by atomic mass is 127. The van der Waals surface area contributed by atoms with Gasteiger partial charge in [0, 0.05) is 52.0 Å². The maximum atomic E-state index is 5.93. The average Bonchev–Trinajstić information content (AvgIpc) is 4.07. The number of furan rings is 4. The van der Waals surface area contributed by atoms with Crippen molar-refractivity contribution in [3.05, 3.63) is 188 Å². The number of benzene rings is 8. The second-order valence-corrected chi connectivity index (χ2v) is 17.0. The number of para-hydroxylation sites is 6. The number of hydrogen-bond donors (Lipinski definition) is 0. The van der Waals surface area contributed by atoms with Gasteiger partial charge in [-0.05, 0) is 89.2 Å². The molecule has 0 aliphatic heterocycles. The lowest BCUT2D eigenvalue weighted by Crippen LogP contribution is -1.80. The van der Waals surface area contributed by atoms with Gasteiger partial charge in [0.15, 0.2) is 0 Å². The van der Waals surface area contributed by atoms with Crippen molar-refractivity contribution >= 4 is 142 Å². The van der Waals surface area contributed by atoms with Gasteiger partial charge in [0.25, 0.3) is 0 Å². The first-order valence-corrected chi connectivity index (χ1v) is 22.6. The zero-order valence-corrected chi connectivity index (χ0v) is 38.7. The van der Waals surface area contributed by atoms with Gasteiger partial charge in [0.05, 0.1) is 3.57 Å². The number of rotatable bonds is 1. The third-order valence-corrected chi connectivity index (χ3v) is 12.1. The third kappa shape index (κ3) is 8.49. The lowest BCUT2D eigenvalue weighted by atomic mass is 10.1. The summed E-state index contributed by atoms with van der Waals surface area (Å²) < 4.78 is 26.4. The summed E-state index contributed by atoms with van der Waals surface area (Å²) in [6.45, 7) is 6.40. The minimum Gasteiger partial charge on any atom is -0.456 e. The Labute approximate surface area is 378 Å². The van der Waals surface area contributed by atoms with Crippen LogP contribution < -0.4 is 0 Å². The van der Waals surface area contributed by atoms with Crippen LogP contribution >= 0.6 is 54.5 Å². The molecule has 4 aromatic heterocycles. The highest BCUT2D eigenvalue weighted by Gasteiger charge is 2.13. The first-order valence-electron chi connectivity index (χ1n) is 20.0. The van der Waals surface area contributed by atoms with Crippen molar-refractivity contribution in [2.45, 2.75) is 33.6 Å². The topological polar surface area (TPSA) is 52.6 Å². The number of halogens is 3. The van der Waals surface area contributed by atoms with E-state index in [-0.39, 0.29) is 0 Å². The van der Waals surface area contributed by atoms with Gasteiger partial charge in [0.1, 0.15) is 44.7 Å². The summed E-state index contributed by atoms with van der Waals surface area (Å²) >= 11 is 9.46. The van der Waals surface area contributed by atoms with Crippen LogP contribution in [0, 0.1) is 3.57 Å². The smallest absolute Gasteiger partial charge is 0.149 e. The Kier molecular flexibility index (Phi) is 13.1. The Balaban J connectivity index is 0.000000109. The molecule has 8 aromatic carbocycles. The van der Waals surface area contributed by atoms with E-state index in [1.807, 2.05) is 109 Å². The van der Waals surface area contributed by atoms with Gasteiger partial charge >= 0.3 is 0 Å². The summed E-state index contributed by atoms with van der Waals surface area (Å²) in [4.78, 5) is 0. The van der Waals surface area contributed by atoms with Crippen LogP contribution in [0.1, 0.15) is 32.8 Å². The lowest BCUT2D eigenvalue weighted by molar-refractivity contribution is 0.663. The van der Waals surface area contributed by atoms with Gasteiger partial charge in [-0.25, -0.2) is 0 Å². The average molecular weight is 1030 g/mol. The molecule has 0 spiro atoms. The molecule has 298 valence electrons. The molecule has 0 amide bonds. The van der Waals surface area contributed by atoms with Crippen LogP contribution in [0.4, 0.5) is 0 Å². The molecule has 0 unspecified atom stereocenters. The Hall–Kier alpha value is -5.35. The molecule has 4 heterocycles. The van der Waals surface area contributed by atoms with Gasteiger partial charge in [0.2, 0.25) is 0 Å². The summed E-state index contributed by atoms with van der Waals surface area (Å²) in [6.07, 6.45) is 2.24. The molecule has 0 N–H and O–H groups in total. The monoisotopic (exact) mass is 1030 g/mol. The molecular weight excluding hydrogens is 987 g/mol. The van der Waals surface area contributed by atoms with E-state index in [0.29, 0.717) is 0 Å². The van der Waals surface area contributed by atoms with Gasteiger partial charge in [-0.3, -0.25) is 0 Å². The highest BCUT2D eigenvalue weighted by Crippen LogP contribution is 2.38. The summed E-state index contributed by atoms with van der Waals surface area (Å²) in [5.41, 5.74) is 8.98. The van der Waals surface area contributed by atoms with Gasteiger partial charge in [-0.2, -0.15) is 0 Å². The van der Waals surface area contributed by atoms with Crippen LogP contribution in [0.2, 0.25) is 0 Å². The van der Waals surface area contributed by atoms with Crippen molar-refractivity contribution in [3.8, 4) is 0 Å². The predicted octanol–water partition coefficient (Wildman–Crippen LogP) is 18.5. The molecule has 0 atom stereocenters. The first kappa shape index (κ1) is 41.4. The van der Waals surface area contributed by atoms with E-state index in [2.05, 4.69) is 136 Å². The fourth-order valence-electron chi connectivity index (χ4n) is 7.23. The normalized spacial score (nSPS) is 11.0. The minimum absolute atomic E-state index is 0.942. The Morgan fingerprint density at radius 1 is 0.367 bits per heavy atom. The van der Waals surface area contributed by atoms with Gasteiger partial charge < -0.3 is 17.7 Å². The zero-order chi connectivity index (χ0) is 41.6. The molecule has 0 bridgehead atoms. The SMILES string of the molecule is Brc1ccc(I)c2oc3ccccc3c12.CCC.CCc1ccc(Br)c2c1oc1ccccc12.c1ccc2c(c1)oc1ccccc12.c1ccc2c(c1)oc1ccccc12. The molecule has 0 aliphatic rings. The fourth-order valence-corrected chi connectivity index (χ4v) is 8.84. The number of hydrogen-bond acceptors (Lipinski definition) is 4. The summed E-state index contributed by atoms with van der Waals surface area (Å²) in [6, 6.07) is 57.0. The molecule has 7 heteroatoms. The molecule has 0 radical (unpaired) electrons. The van der Waals surface area contributed by atoms with E-state index < -0.39 is 0 Å². The van der Waals surface area contributed by atoms with Crippen molar-refractivity contribution in [1.29, 1.82) is 0 Å². The van der Waals surface area contributed by atoms with Gasteiger partial charge in [-0.1, -0.05) is 174 Å². The van der Waals surface area contributed by atoms with Crippen molar-refractivity contribution < 1.29 is 17.7 Å². The molecule has 12 rings (SSSR count). The molecule has 0 fully saturated rings. The Morgan fingerprint density at radius 2 is 0.667 bits per heavy atom. The molecule has 12 aromatic rings. The Bertz CT molecular complexity index is 3160. The second-order valence-electron chi connectivity index (χ2n) is 14.1. The van der Waals surface area contributed by atoms with E-state index in [1.54, 1.807) is 0 Å². The van der Waals surface area contributed by atoms with Crippen LogP contribution in [0.15, 0.2) is 196 Å². The second kappa shape index (κ2) is 18.9. The maximum absolute atomic E-state index is 5.93. The number of fused-ring (bicyclic) bond motifs is 12. The highest BCUT2D eigenvalue weighted by molar-refractivity contribution is 14.1. The molecule has 0 saturated heterocycles. The largest absolute Gasteiger partial charge is 0.456 e. The van der Waals surface area contributed by atoms with E-state index in [1.165, 1.54) is 44.3 Å². The quantitative estimate of drug-likeness (QED) is 0.154. The Morgan fingerprint density at radius 3 is 1.05 bits per heavy atom. The first-order chi connectivity index (χ1) is 29.4.